The zero-order valence-electron chi connectivity index (χ0n) is 10.8. The number of carbonyl (C=O) groups is 2. The van der Waals surface area contributed by atoms with Crippen LogP contribution in [-0.4, -0.2) is 30.6 Å². The number of hydrogen-bond acceptors (Lipinski definition) is 5. The van der Waals surface area contributed by atoms with Gasteiger partial charge in [0.15, 0.2) is 5.78 Å². The van der Waals surface area contributed by atoms with Gasteiger partial charge in [0.25, 0.3) is 0 Å². The summed E-state index contributed by atoms with van der Waals surface area (Å²) in [5, 5.41) is 9.25. The standard InChI is InChI=1S/C14H16O5/c1-18-14(17)13-10(7-2-3-7)11-9(19-13)5-4-8(6-15)12(11)16/h7-8,15H,2-6H2,1H3. The number of esters is 1. The van der Waals surface area contributed by atoms with E-state index in [2.05, 4.69) is 0 Å². The van der Waals surface area contributed by atoms with Crippen molar-refractivity contribution in [1.82, 2.24) is 0 Å². The second kappa shape index (κ2) is 4.49. The van der Waals surface area contributed by atoms with E-state index in [1.54, 1.807) is 0 Å². The first-order valence-corrected chi connectivity index (χ1v) is 6.56. The molecule has 1 saturated carbocycles. The van der Waals surface area contributed by atoms with Gasteiger partial charge in [0, 0.05) is 17.9 Å². The number of aryl methyl sites for hydroxylation is 1. The summed E-state index contributed by atoms with van der Waals surface area (Å²) in [5.41, 5.74) is 1.25. The average Bonchev–Trinajstić information content (AvgIpc) is 3.18. The van der Waals surface area contributed by atoms with Crippen molar-refractivity contribution >= 4 is 11.8 Å². The fraction of sp³-hybridized carbons (Fsp3) is 0.571. The number of ether oxygens (including phenoxy) is 1. The van der Waals surface area contributed by atoms with Crippen LogP contribution in [0.5, 0.6) is 0 Å². The molecular weight excluding hydrogens is 248 g/mol. The molecule has 19 heavy (non-hydrogen) atoms. The Kier molecular flexibility index (Phi) is 2.93. The summed E-state index contributed by atoms with van der Waals surface area (Å²) in [5.74, 6) is 0.00392. The van der Waals surface area contributed by atoms with Crippen LogP contribution in [0.2, 0.25) is 0 Å². The van der Waals surface area contributed by atoms with Crippen LogP contribution in [0.25, 0.3) is 0 Å². The van der Waals surface area contributed by atoms with Crippen molar-refractivity contribution in [3.05, 3.63) is 22.6 Å². The minimum Gasteiger partial charge on any atom is -0.463 e. The summed E-state index contributed by atoms with van der Waals surface area (Å²) < 4.78 is 10.3. The summed E-state index contributed by atoms with van der Waals surface area (Å²) in [6.07, 6.45) is 3.09. The Bertz CT molecular complexity index is 538. The molecule has 0 saturated heterocycles. The lowest BCUT2D eigenvalue weighted by atomic mass is 9.84. The quantitative estimate of drug-likeness (QED) is 0.840. The van der Waals surface area contributed by atoms with Crippen LogP contribution in [0.3, 0.4) is 0 Å². The largest absolute Gasteiger partial charge is 0.463 e. The van der Waals surface area contributed by atoms with Crippen LogP contribution in [0.4, 0.5) is 0 Å². The smallest absolute Gasteiger partial charge is 0.374 e. The fourth-order valence-electron chi connectivity index (χ4n) is 2.76. The second-order valence-corrected chi connectivity index (χ2v) is 5.19. The zero-order chi connectivity index (χ0) is 13.6. The number of hydrogen-bond donors (Lipinski definition) is 1. The molecule has 2 aliphatic rings. The number of aliphatic hydroxyl groups excluding tert-OH is 1. The van der Waals surface area contributed by atoms with Gasteiger partial charge in [-0.05, 0) is 25.2 Å². The topological polar surface area (TPSA) is 76.7 Å². The highest BCUT2D eigenvalue weighted by atomic mass is 16.5. The van der Waals surface area contributed by atoms with Crippen molar-refractivity contribution in [2.75, 3.05) is 13.7 Å². The van der Waals surface area contributed by atoms with Crippen LogP contribution in [0.15, 0.2) is 4.42 Å². The first-order chi connectivity index (χ1) is 9.17. The predicted octanol–water partition coefficient (Wildman–Crippen LogP) is 1.68. The normalized spacial score (nSPS) is 22.2. The van der Waals surface area contributed by atoms with Gasteiger partial charge in [-0.15, -0.1) is 0 Å². The Balaban J connectivity index is 2.11. The van der Waals surface area contributed by atoms with Gasteiger partial charge in [0.1, 0.15) is 5.76 Å². The van der Waals surface area contributed by atoms with Crippen LogP contribution in [0, 0.1) is 5.92 Å². The van der Waals surface area contributed by atoms with Gasteiger partial charge in [0.05, 0.1) is 19.3 Å². The Morgan fingerprint density at radius 2 is 2.16 bits per heavy atom. The number of fused-ring (bicyclic) bond motifs is 1. The van der Waals surface area contributed by atoms with Crippen molar-refractivity contribution < 1.29 is 23.8 Å². The first kappa shape index (κ1) is 12.4. The van der Waals surface area contributed by atoms with E-state index in [1.807, 2.05) is 0 Å². The van der Waals surface area contributed by atoms with Gasteiger partial charge >= 0.3 is 5.97 Å². The maximum atomic E-state index is 12.4. The van der Waals surface area contributed by atoms with Crippen LogP contribution < -0.4 is 0 Å². The Labute approximate surface area is 110 Å². The maximum Gasteiger partial charge on any atom is 0.374 e. The zero-order valence-corrected chi connectivity index (χ0v) is 10.8. The number of furan rings is 1. The van der Waals surface area contributed by atoms with E-state index in [4.69, 9.17) is 9.15 Å². The van der Waals surface area contributed by atoms with Gasteiger partial charge in [-0.3, -0.25) is 4.79 Å². The van der Waals surface area contributed by atoms with Crippen molar-refractivity contribution in [2.45, 2.75) is 31.6 Å². The van der Waals surface area contributed by atoms with Crippen molar-refractivity contribution in [2.24, 2.45) is 5.92 Å². The molecule has 0 spiro atoms. The highest BCUT2D eigenvalue weighted by molar-refractivity contribution is 6.04. The molecular formula is C14H16O5. The summed E-state index contributed by atoms with van der Waals surface area (Å²) in [6.45, 7) is -0.152. The molecule has 0 radical (unpaired) electrons. The summed E-state index contributed by atoms with van der Waals surface area (Å²) >= 11 is 0. The third-order valence-corrected chi connectivity index (χ3v) is 3.93. The average molecular weight is 264 g/mol. The Morgan fingerprint density at radius 1 is 1.42 bits per heavy atom. The Hall–Kier alpha value is -1.62. The van der Waals surface area contributed by atoms with Gasteiger partial charge in [0.2, 0.25) is 5.76 Å². The molecule has 2 aliphatic carbocycles. The van der Waals surface area contributed by atoms with Gasteiger partial charge in [-0.1, -0.05) is 0 Å². The van der Waals surface area contributed by atoms with Crippen LogP contribution >= 0.6 is 0 Å². The molecule has 5 nitrogen and oxygen atoms in total. The van der Waals surface area contributed by atoms with Crippen LogP contribution in [0.1, 0.15) is 57.4 Å². The molecule has 1 aromatic rings. The summed E-state index contributed by atoms with van der Waals surface area (Å²) in [7, 11) is 1.30. The number of carbonyl (C=O) groups excluding carboxylic acids is 2. The second-order valence-electron chi connectivity index (χ2n) is 5.19. The predicted molar refractivity (Wildman–Crippen MR) is 65.2 cm³/mol. The lowest BCUT2D eigenvalue weighted by Gasteiger charge is -2.18. The van der Waals surface area contributed by atoms with E-state index < -0.39 is 5.97 Å². The Morgan fingerprint density at radius 3 is 2.74 bits per heavy atom. The number of Topliss-reactive ketones (excluding diaryl/α,β-unsaturated/α-hetero) is 1. The van der Waals surface area contributed by atoms with Crippen molar-refractivity contribution in [3.63, 3.8) is 0 Å². The molecule has 1 unspecified atom stereocenters. The molecule has 0 amide bonds. The highest BCUT2D eigenvalue weighted by Gasteiger charge is 2.41. The molecule has 5 heteroatoms. The molecule has 0 bridgehead atoms. The van der Waals surface area contributed by atoms with Gasteiger partial charge < -0.3 is 14.3 Å². The SMILES string of the molecule is COC(=O)c1oc2c(c1C1CC1)C(=O)C(CO)CC2. The minimum atomic E-state index is -0.523. The maximum absolute atomic E-state index is 12.4. The molecule has 0 aliphatic heterocycles. The molecule has 102 valence electrons. The molecule has 0 aromatic carbocycles. The number of aliphatic hydroxyl groups is 1. The van der Waals surface area contributed by atoms with Gasteiger partial charge in [-0.25, -0.2) is 4.79 Å². The summed E-state index contributed by atoms with van der Waals surface area (Å²) in [4.78, 5) is 24.1. The minimum absolute atomic E-state index is 0.0930. The molecule has 1 heterocycles. The highest BCUT2D eigenvalue weighted by Crippen LogP contribution is 2.47. The van der Waals surface area contributed by atoms with E-state index in [-0.39, 0.29) is 30.0 Å². The van der Waals surface area contributed by atoms with Gasteiger partial charge in [-0.2, -0.15) is 0 Å². The molecule has 1 aromatic heterocycles. The van der Waals surface area contributed by atoms with E-state index in [9.17, 15) is 14.7 Å². The van der Waals surface area contributed by atoms with Crippen molar-refractivity contribution in [1.29, 1.82) is 0 Å². The number of rotatable bonds is 3. The van der Waals surface area contributed by atoms with E-state index in [1.165, 1.54) is 7.11 Å². The van der Waals surface area contributed by atoms with E-state index in [0.717, 1.165) is 12.8 Å². The monoisotopic (exact) mass is 264 g/mol. The van der Waals surface area contributed by atoms with E-state index in [0.29, 0.717) is 29.7 Å². The molecule has 1 fully saturated rings. The number of ketones is 1. The molecule has 3 rings (SSSR count). The van der Waals surface area contributed by atoms with Crippen LogP contribution in [-0.2, 0) is 11.2 Å². The molecule has 1 N–H and O–H groups in total. The lowest BCUT2D eigenvalue weighted by Crippen LogP contribution is -2.25. The van der Waals surface area contributed by atoms with Crippen molar-refractivity contribution in [3.8, 4) is 0 Å². The number of methoxy groups -OCH3 is 1. The van der Waals surface area contributed by atoms with E-state index >= 15 is 0 Å². The third-order valence-electron chi connectivity index (χ3n) is 3.93. The first-order valence-electron chi connectivity index (χ1n) is 6.56. The fourth-order valence-corrected chi connectivity index (χ4v) is 2.76. The third kappa shape index (κ3) is 1.89. The molecule has 1 atom stereocenters. The lowest BCUT2D eigenvalue weighted by molar-refractivity contribution is 0.0560. The summed E-state index contributed by atoms with van der Waals surface area (Å²) in [6, 6.07) is 0.